The Morgan fingerprint density at radius 2 is 1.79 bits per heavy atom. The van der Waals surface area contributed by atoms with Crippen LogP contribution in [0.1, 0.15) is 37.3 Å². The van der Waals surface area contributed by atoms with Crippen molar-refractivity contribution in [3.63, 3.8) is 0 Å². The number of amides is 2. The first-order chi connectivity index (χ1) is 16.5. The number of rotatable bonds is 5. The Labute approximate surface area is 201 Å². The second-order valence-corrected chi connectivity index (χ2v) is 9.35. The molecule has 2 aromatic carbocycles. The van der Waals surface area contributed by atoms with Gasteiger partial charge in [-0.15, -0.1) is 0 Å². The second-order valence-electron chi connectivity index (χ2n) is 9.35. The molecule has 0 N–H and O–H groups in total. The molecule has 7 heteroatoms. The number of fused-ring (bicyclic) bond motifs is 3. The van der Waals surface area contributed by atoms with Crippen molar-refractivity contribution in [3.05, 3.63) is 59.7 Å². The Balaban J connectivity index is 1.29. The van der Waals surface area contributed by atoms with E-state index in [0.29, 0.717) is 19.5 Å². The maximum Gasteiger partial charge on any atom is 0.251 e. The molecule has 1 aliphatic carbocycles. The fourth-order valence-electron chi connectivity index (χ4n) is 5.59. The Morgan fingerprint density at radius 3 is 2.47 bits per heavy atom. The maximum atomic E-state index is 13.6. The summed E-state index contributed by atoms with van der Waals surface area (Å²) < 4.78 is 5.25. The fraction of sp³-hybridized carbons (Fsp3) is 0.444. The van der Waals surface area contributed by atoms with E-state index in [4.69, 9.17) is 4.74 Å². The molecule has 0 radical (unpaired) electrons. The molecule has 3 aliphatic rings. The molecule has 178 valence electrons. The van der Waals surface area contributed by atoms with E-state index in [2.05, 4.69) is 22.1 Å². The van der Waals surface area contributed by atoms with Crippen molar-refractivity contribution in [3.8, 4) is 5.75 Å². The summed E-state index contributed by atoms with van der Waals surface area (Å²) in [7, 11) is 1.66. The van der Waals surface area contributed by atoms with Crippen LogP contribution in [-0.4, -0.2) is 66.8 Å². The fourth-order valence-corrected chi connectivity index (χ4v) is 5.59. The van der Waals surface area contributed by atoms with Crippen LogP contribution >= 0.6 is 0 Å². The number of carbonyl (C=O) groups excluding carboxylic acids is 2. The van der Waals surface area contributed by atoms with Crippen molar-refractivity contribution < 1.29 is 14.3 Å². The number of anilines is 1. The minimum atomic E-state index is -0.566. The summed E-state index contributed by atoms with van der Waals surface area (Å²) in [5.74, 6) is 0.644. The van der Waals surface area contributed by atoms with Crippen LogP contribution < -0.4 is 9.64 Å². The molecule has 0 bridgehead atoms. The minimum absolute atomic E-state index is 0.00786. The average Bonchev–Trinajstić information content (AvgIpc) is 3.28. The highest BCUT2D eigenvalue weighted by atomic mass is 16.5. The number of hydrogen-bond donors (Lipinski definition) is 0. The third-order valence-corrected chi connectivity index (χ3v) is 7.52. The van der Waals surface area contributed by atoms with Gasteiger partial charge in [-0.05, 0) is 55.2 Å². The molecule has 3 unspecified atom stereocenters. The van der Waals surface area contributed by atoms with Gasteiger partial charge in [-0.3, -0.25) is 9.59 Å². The van der Waals surface area contributed by atoms with E-state index in [1.807, 2.05) is 55.1 Å². The van der Waals surface area contributed by atoms with Crippen LogP contribution in [0.2, 0.25) is 0 Å². The maximum absolute atomic E-state index is 13.6. The molecule has 7 nitrogen and oxygen atoms in total. The van der Waals surface area contributed by atoms with Crippen LogP contribution in [0.4, 0.5) is 5.69 Å². The van der Waals surface area contributed by atoms with Gasteiger partial charge < -0.3 is 14.5 Å². The summed E-state index contributed by atoms with van der Waals surface area (Å²) in [5, 5.41) is 6.18. The number of ether oxygens (including phenoxy) is 1. The molecule has 2 heterocycles. The van der Waals surface area contributed by atoms with Crippen LogP contribution in [0.5, 0.6) is 5.75 Å². The molecule has 0 spiro atoms. The first-order valence-corrected chi connectivity index (χ1v) is 12.2. The average molecular weight is 461 g/mol. The highest BCUT2D eigenvalue weighted by molar-refractivity contribution is 6.01. The van der Waals surface area contributed by atoms with Gasteiger partial charge in [-0.1, -0.05) is 31.2 Å². The Kier molecular flexibility index (Phi) is 6.02. The van der Waals surface area contributed by atoms with Gasteiger partial charge in [0.05, 0.1) is 13.0 Å². The monoisotopic (exact) mass is 460 g/mol. The summed E-state index contributed by atoms with van der Waals surface area (Å²) in [5.41, 5.74) is 4.37. The number of hydrazone groups is 1. The summed E-state index contributed by atoms with van der Waals surface area (Å²) >= 11 is 0. The van der Waals surface area contributed by atoms with Crippen LogP contribution in [-0.2, 0) is 16.0 Å². The van der Waals surface area contributed by atoms with E-state index < -0.39 is 6.04 Å². The quantitative estimate of drug-likeness (QED) is 0.687. The normalized spacial score (nSPS) is 22.7. The van der Waals surface area contributed by atoms with Crippen molar-refractivity contribution in [1.82, 2.24) is 9.91 Å². The molecular formula is C27H32N4O3. The standard InChI is InChI=1S/C27H32N4O3/c1-4-24(26(32)30-15-13-29(14-16-30)20-9-11-21(34-3)12-10-20)31-27(33)25-22-8-6-5-7-19(22)17-23(25)18(2)28-31/h5-12,23-25H,4,13-17H2,1-3H3. The molecule has 1 saturated heterocycles. The summed E-state index contributed by atoms with van der Waals surface area (Å²) in [6.45, 7) is 6.71. The van der Waals surface area contributed by atoms with E-state index >= 15 is 0 Å². The highest BCUT2D eigenvalue weighted by Gasteiger charge is 2.47. The third-order valence-electron chi connectivity index (χ3n) is 7.52. The molecule has 2 aliphatic heterocycles. The number of piperazine rings is 1. The van der Waals surface area contributed by atoms with Crippen LogP contribution in [0.15, 0.2) is 53.6 Å². The first-order valence-electron chi connectivity index (χ1n) is 12.2. The molecule has 3 atom stereocenters. The van der Waals surface area contributed by atoms with Crippen molar-refractivity contribution in [1.29, 1.82) is 0 Å². The Hall–Kier alpha value is -3.35. The van der Waals surface area contributed by atoms with Gasteiger partial charge >= 0.3 is 0 Å². The first kappa shape index (κ1) is 22.4. The SMILES string of the molecule is CCC(C(=O)N1CCN(c2ccc(OC)cc2)CC1)N1N=C(C)C2Cc3ccccc3C2C1=O. The van der Waals surface area contributed by atoms with Gasteiger partial charge in [0.2, 0.25) is 5.91 Å². The topological polar surface area (TPSA) is 65.5 Å². The molecule has 1 fully saturated rings. The minimum Gasteiger partial charge on any atom is -0.497 e. The van der Waals surface area contributed by atoms with E-state index in [1.54, 1.807) is 7.11 Å². The molecule has 2 aromatic rings. The van der Waals surface area contributed by atoms with E-state index in [-0.39, 0.29) is 23.7 Å². The van der Waals surface area contributed by atoms with E-state index in [9.17, 15) is 9.59 Å². The van der Waals surface area contributed by atoms with Crippen molar-refractivity contribution in [2.75, 3.05) is 38.2 Å². The predicted molar refractivity (Wildman–Crippen MR) is 132 cm³/mol. The van der Waals surface area contributed by atoms with Crippen LogP contribution in [0, 0.1) is 5.92 Å². The summed E-state index contributed by atoms with van der Waals surface area (Å²) in [4.78, 5) is 31.4. The Bertz CT molecular complexity index is 1110. The van der Waals surface area contributed by atoms with Gasteiger partial charge in [0.1, 0.15) is 11.8 Å². The highest BCUT2D eigenvalue weighted by Crippen LogP contribution is 2.43. The zero-order chi connectivity index (χ0) is 23.8. The lowest BCUT2D eigenvalue weighted by Crippen LogP contribution is -2.56. The Morgan fingerprint density at radius 1 is 1.09 bits per heavy atom. The molecule has 0 aromatic heterocycles. The number of nitrogens with zero attached hydrogens (tertiary/aromatic N) is 4. The van der Waals surface area contributed by atoms with Crippen LogP contribution in [0.25, 0.3) is 0 Å². The molecular weight excluding hydrogens is 428 g/mol. The lowest BCUT2D eigenvalue weighted by Gasteiger charge is -2.40. The van der Waals surface area contributed by atoms with Gasteiger partial charge in [0, 0.05) is 43.5 Å². The zero-order valence-electron chi connectivity index (χ0n) is 20.1. The van der Waals surface area contributed by atoms with E-state index in [0.717, 1.165) is 42.2 Å². The number of benzene rings is 2. The summed E-state index contributed by atoms with van der Waals surface area (Å²) in [6.07, 6.45) is 1.38. The number of methoxy groups -OCH3 is 1. The largest absolute Gasteiger partial charge is 0.497 e. The van der Waals surface area contributed by atoms with Gasteiger partial charge in [0.25, 0.3) is 5.91 Å². The molecule has 5 rings (SSSR count). The van der Waals surface area contributed by atoms with Crippen molar-refractivity contribution >= 4 is 23.2 Å². The molecule has 2 amide bonds. The molecule has 0 saturated carbocycles. The second kappa shape index (κ2) is 9.12. The van der Waals surface area contributed by atoms with Crippen molar-refractivity contribution in [2.45, 2.75) is 38.6 Å². The van der Waals surface area contributed by atoms with Crippen molar-refractivity contribution in [2.24, 2.45) is 11.0 Å². The van der Waals surface area contributed by atoms with E-state index in [1.165, 1.54) is 10.6 Å². The smallest absolute Gasteiger partial charge is 0.251 e. The number of carbonyl (C=O) groups is 2. The summed E-state index contributed by atoms with van der Waals surface area (Å²) in [6, 6.07) is 15.6. The number of hydrogen-bond acceptors (Lipinski definition) is 5. The third kappa shape index (κ3) is 3.83. The molecule has 34 heavy (non-hydrogen) atoms. The zero-order valence-corrected chi connectivity index (χ0v) is 20.1. The lowest BCUT2D eigenvalue weighted by molar-refractivity contribution is -0.148. The van der Waals surface area contributed by atoms with Gasteiger partial charge in [-0.2, -0.15) is 5.10 Å². The van der Waals surface area contributed by atoms with Gasteiger partial charge in [-0.25, -0.2) is 5.01 Å². The lowest BCUT2D eigenvalue weighted by atomic mass is 9.86. The predicted octanol–water partition coefficient (Wildman–Crippen LogP) is 3.30. The van der Waals surface area contributed by atoms with Crippen LogP contribution in [0.3, 0.4) is 0 Å². The van der Waals surface area contributed by atoms with Gasteiger partial charge in [0.15, 0.2) is 0 Å².